The van der Waals surface area contributed by atoms with Gasteiger partial charge in [-0.1, -0.05) is 6.07 Å². The van der Waals surface area contributed by atoms with Gasteiger partial charge in [0.05, 0.1) is 0 Å². The summed E-state index contributed by atoms with van der Waals surface area (Å²) in [6.07, 6.45) is 4.79. The molecule has 0 fully saturated rings. The van der Waals surface area contributed by atoms with Crippen LogP contribution in [0.25, 0.3) is 5.65 Å². The quantitative estimate of drug-likeness (QED) is 0.705. The average molecular weight is 254 g/mol. The Hall–Kier alpha value is -2.94. The molecule has 0 N–H and O–H groups in total. The van der Waals surface area contributed by atoms with E-state index in [1.807, 2.05) is 6.07 Å². The number of hydrogen-bond donors (Lipinski definition) is 0. The summed E-state index contributed by atoms with van der Waals surface area (Å²) in [7, 11) is 0. The lowest BCUT2D eigenvalue weighted by Crippen LogP contribution is -1.97. The van der Waals surface area contributed by atoms with Gasteiger partial charge >= 0.3 is 0 Å². The van der Waals surface area contributed by atoms with E-state index in [-0.39, 0.29) is 11.6 Å². The molecule has 3 rings (SSSR count). The van der Waals surface area contributed by atoms with E-state index in [4.69, 9.17) is 10.00 Å². The zero-order valence-electron chi connectivity index (χ0n) is 9.62. The SMILES string of the molecule is N#Cc1cn2ccnc2c(Oc2cccc(F)c2)n1. The predicted octanol–water partition coefficient (Wildman–Crippen LogP) is 2.53. The minimum absolute atomic E-state index is 0.162. The first-order chi connectivity index (χ1) is 9.26. The lowest BCUT2D eigenvalue weighted by molar-refractivity contribution is 0.459. The second-order valence-electron chi connectivity index (χ2n) is 3.76. The maximum Gasteiger partial charge on any atom is 0.265 e. The number of ether oxygens (including phenoxy) is 1. The van der Waals surface area contributed by atoms with Crippen molar-refractivity contribution in [1.82, 2.24) is 14.4 Å². The Bertz CT molecular complexity index is 791. The van der Waals surface area contributed by atoms with Gasteiger partial charge in [0.1, 0.15) is 17.6 Å². The second-order valence-corrected chi connectivity index (χ2v) is 3.76. The summed E-state index contributed by atoms with van der Waals surface area (Å²) in [5.74, 6) is 0.0513. The zero-order valence-corrected chi connectivity index (χ0v) is 9.62. The van der Waals surface area contributed by atoms with Crippen molar-refractivity contribution < 1.29 is 9.13 Å². The first-order valence-electron chi connectivity index (χ1n) is 5.43. The Morgan fingerprint density at radius 1 is 1.37 bits per heavy atom. The summed E-state index contributed by atoms with van der Waals surface area (Å²) in [6, 6.07) is 7.62. The molecule has 0 radical (unpaired) electrons. The highest BCUT2D eigenvalue weighted by atomic mass is 19.1. The van der Waals surface area contributed by atoms with Crippen LogP contribution in [0.15, 0.2) is 42.9 Å². The van der Waals surface area contributed by atoms with Gasteiger partial charge in [-0.25, -0.2) is 9.37 Å². The fraction of sp³-hybridized carbons (Fsp3) is 0. The second kappa shape index (κ2) is 4.38. The summed E-state index contributed by atoms with van der Waals surface area (Å²) < 4.78 is 20.2. The minimum Gasteiger partial charge on any atom is -0.436 e. The summed E-state index contributed by atoms with van der Waals surface area (Å²) in [6.45, 7) is 0. The number of aromatic nitrogens is 3. The number of benzene rings is 1. The van der Waals surface area contributed by atoms with Crippen molar-refractivity contribution in [3.63, 3.8) is 0 Å². The molecule has 0 aliphatic carbocycles. The Morgan fingerprint density at radius 3 is 3.05 bits per heavy atom. The zero-order chi connectivity index (χ0) is 13.2. The molecule has 2 aromatic heterocycles. The lowest BCUT2D eigenvalue weighted by atomic mass is 10.3. The van der Waals surface area contributed by atoms with E-state index in [1.165, 1.54) is 18.2 Å². The van der Waals surface area contributed by atoms with E-state index >= 15 is 0 Å². The van der Waals surface area contributed by atoms with E-state index in [0.717, 1.165) is 0 Å². The van der Waals surface area contributed by atoms with Crippen LogP contribution in [0, 0.1) is 17.1 Å². The van der Waals surface area contributed by atoms with Gasteiger partial charge in [0.25, 0.3) is 5.88 Å². The number of fused-ring (bicyclic) bond motifs is 1. The molecule has 0 saturated heterocycles. The van der Waals surface area contributed by atoms with E-state index in [2.05, 4.69) is 9.97 Å². The van der Waals surface area contributed by atoms with Crippen molar-refractivity contribution in [2.24, 2.45) is 0 Å². The van der Waals surface area contributed by atoms with Gasteiger partial charge in [0, 0.05) is 24.7 Å². The molecule has 0 aliphatic rings. The van der Waals surface area contributed by atoms with Crippen molar-refractivity contribution >= 4 is 5.65 Å². The topological polar surface area (TPSA) is 63.2 Å². The molecule has 0 aliphatic heterocycles. The first kappa shape index (κ1) is 11.2. The molecule has 19 heavy (non-hydrogen) atoms. The van der Waals surface area contributed by atoms with Crippen LogP contribution in [0.1, 0.15) is 5.69 Å². The first-order valence-corrected chi connectivity index (χ1v) is 5.43. The highest BCUT2D eigenvalue weighted by Crippen LogP contribution is 2.23. The summed E-state index contributed by atoms with van der Waals surface area (Å²) in [4.78, 5) is 8.11. The molecular weight excluding hydrogens is 247 g/mol. The molecule has 0 atom stereocenters. The molecule has 6 heteroatoms. The third kappa shape index (κ3) is 2.09. The minimum atomic E-state index is -0.409. The van der Waals surface area contributed by atoms with Crippen LogP contribution < -0.4 is 4.74 Å². The summed E-state index contributed by atoms with van der Waals surface area (Å²) in [5.41, 5.74) is 0.653. The molecule has 2 heterocycles. The molecule has 3 aromatic rings. The van der Waals surface area contributed by atoms with Crippen LogP contribution in [0.4, 0.5) is 4.39 Å². The fourth-order valence-electron chi connectivity index (χ4n) is 1.67. The molecule has 5 nitrogen and oxygen atoms in total. The third-order valence-corrected chi connectivity index (χ3v) is 2.47. The smallest absolute Gasteiger partial charge is 0.265 e. The molecule has 0 unspecified atom stereocenters. The predicted molar refractivity (Wildman–Crippen MR) is 64.2 cm³/mol. The van der Waals surface area contributed by atoms with E-state index in [1.54, 1.807) is 29.1 Å². The largest absolute Gasteiger partial charge is 0.436 e. The molecule has 92 valence electrons. The number of nitriles is 1. The van der Waals surface area contributed by atoms with Gasteiger partial charge in [0.15, 0.2) is 5.69 Å². The van der Waals surface area contributed by atoms with Crippen molar-refractivity contribution in [1.29, 1.82) is 5.26 Å². The fourth-order valence-corrected chi connectivity index (χ4v) is 1.67. The Kier molecular flexibility index (Phi) is 2.58. The van der Waals surface area contributed by atoms with Crippen molar-refractivity contribution in [3.8, 4) is 17.7 Å². The molecule has 0 saturated carbocycles. The number of nitrogens with zero attached hydrogens (tertiary/aromatic N) is 4. The Labute approximate surface area is 107 Å². The van der Waals surface area contributed by atoms with Gasteiger partial charge in [-0.2, -0.15) is 10.2 Å². The van der Waals surface area contributed by atoms with E-state index < -0.39 is 5.82 Å². The Balaban J connectivity index is 2.09. The lowest BCUT2D eigenvalue weighted by Gasteiger charge is -2.06. The van der Waals surface area contributed by atoms with E-state index in [9.17, 15) is 4.39 Å². The van der Waals surface area contributed by atoms with E-state index in [0.29, 0.717) is 11.4 Å². The maximum atomic E-state index is 13.1. The molecular formula is C13H7FN4O. The van der Waals surface area contributed by atoms with Crippen LogP contribution >= 0.6 is 0 Å². The van der Waals surface area contributed by atoms with Crippen molar-refractivity contribution in [2.75, 3.05) is 0 Å². The number of hydrogen-bond acceptors (Lipinski definition) is 4. The highest BCUT2D eigenvalue weighted by Gasteiger charge is 2.10. The molecule has 0 spiro atoms. The molecule has 0 bridgehead atoms. The van der Waals surface area contributed by atoms with Gasteiger partial charge in [-0.3, -0.25) is 4.40 Å². The summed E-state index contributed by atoms with van der Waals surface area (Å²) >= 11 is 0. The van der Waals surface area contributed by atoms with Crippen LogP contribution in [0.5, 0.6) is 11.6 Å². The van der Waals surface area contributed by atoms with Gasteiger partial charge in [-0.15, -0.1) is 0 Å². The van der Waals surface area contributed by atoms with Gasteiger partial charge < -0.3 is 4.74 Å². The van der Waals surface area contributed by atoms with Crippen LogP contribution in [0.2, 0.25) is 0 Å². The van der Waals surface area contributed by atoms with Crippen LogP contribution in [-0.2, 0) is 0 Å². The normalized spacial score (nSPS) is 10.3. The highest BCUT2D eigenvalue weighted by molar-refractivity contribution is 5.52. The maximum absolute atomic E-state index is 13.1. The van der Waals surface area contributed by atoms with Crippen LogP contribution in [0.3, 0.4) is 0 Å². The van der Waals surface area contributed by atoms with Gasteiger partial charge in [0.2, 0.25) is 5.65 Å². The average Bonchev–Trinajstić information content (AvgIpc) is 2.87. The number of halogens is 1. The van der Waals surface area contributed by atoms with Crippen molar-refractivity contribution in [3.05, 3.63) is 54.4 Å². The Morgan fingerprint density at radius 2 is 2.26 bits per heavy atom. The van der Waals surface area contributed by atoms with Crippen molar-refractivity contribution in [2.45, 2.75) is 0 Å². The third-order valence-electron chi connectivity index (χ3n) is 2.47. The summed E-state index contributed by atoms with van der Waals surface area (Å²) in [5, 5.41) is 8.91. The van der Waals surface area contributed by atoms with Crippen LogP contribution in [-0.4, -0.2) is 14.4 Å². The van der Waals surface area contributed by atoms with Gasteiger partial charge in [-0.05, 0) is 12.1 Å². The number of rotatable bonds is 2. The molecule has 1 aromatic carbocycles. The number of imidazole rings is 1. The molecule has 0 amide bonds. The monoisotopic (exact) mass is 254 g/mol. The standard InChI is InChI=1S/C13H7FN4O/c14-9-2-1-3-11(6-9)19-13-12-16-4-5-18(12)8-10(7-15)17-13/h1-6,8H.